The summed E-state index contributed by atoms with van der Waals surface area (Å²) in [6, 6.07) is 11.4. The molecule has 0 saturated carbocycles. The van der Waals surface area contributed by atoms with Crippen LogP contribution in [0.1, 0.15) is 27.7 Å². The van der Waals surface area contributed by atoms with E-state index < -0.39 is 0 Å². The standard InChI is InChI=1S/C19H21N3O3/c1-14-11-16(13-25-14)19(23)22-9-7-21(8-10-22)18(12-20)15-3-5-17(24-2)6-4-15/h3-6,11,13,18H,7-10H2,1-2H3. The molecule has 130 valence electrons. The van der Waals surface area contributed by atoms with Gasteiger partial charge in [0.25, 0.3) is 5.91 Å². The van der Waals surface area contributed by atoms with E-state index in [4.69, 9.17) is 9.15 Å². The second kappa shape index (κ2) is 7.41. The number of hydrogen-bond acceptors (Lipinski definition) is 5. The summed E-state index contributed by atoms with van der Waals surface area (Å²) in [7, 11) is 1.62. The van der Waals surface area contributed by atoms with E-state index in [0.717, 1.165) is 17.1 Å². The first-order valence-corrected chi connectivity index (χ1v) is 8.24. The van der Waals surface area contributed by atoms with Gasteiger partial charge in [-0.05, 0) is 30.7 Å². The van der Waals surface area contributed by atoms with Crippen molar-refractivity contribution in [2.24, 2.45) is 0 Å². The molecule has 25 heavy (non-hydrogen) atoms. The van der Waals surface area contributed by atoms with Crippen LogP contribution in [0.3, 0.4) is 0 Å². The number of ether oxygens (including phenoxy) is 1. The molecule has 1 aromatic heterocycles. The third-order valence-corrected chi connectivity index (χ3v) is 4.50. The van der Waals surface area contributed by atoms with E-state index in [1.807, 2.05) is 36.1 Å². The summed E-state index contributed by atoms with van der Waals surface area (Å²) in [5, 5.41) is 9.60. The van der Waals surface area contributed by atoms with Crippen LogP contribution in [0.4, 0.5) is 0 Å². The van der Waals surface area contributed by atoms with E-state index >= 15 is 0 Å². The molecule has 6 nitrogen and oxygen atoms in total. The van der Waals surface area contributed by atoms with Gasteiger partial charge in [0.2, 0.25) is 0 Å². The number of amides is 1. The number of hydrogen-bond donors (Lipinski definition) is 0. The summed E-state index contributed by atoms with van der Waals surface area (Å²) in [5.74, 6) is 1.48. The van der Waals surface area contributed by atoms with Crippen LogP contribution in [-0.4, -0.2) is 49.0 Å². The molecule has 3 rings (SSSR count). The van der Waals surface area contributed by atoms with Gasteiger partial charge in [-0.25, -0.2) is 0 Å². The highest BCUT2D eigenvalue weighted by atomic mass is 16.5. The maximum absolute atomic E-state index is 12.5. The fraction of sp³-hybridized carbons (Fsp3) is 0.368. The summed E-state index contributed by atoms with van der Waals surface area (Å²) < 4.78 is 10.4. The number of benzene rings is 1. The van der Waals surface area contributed by atoms with Gasteiger partial charge in [0.1, 0.15) is 23.8 Å². The van der Waals surface area contributed by atoms with Crippen LogP contribution in [0, 0.1) is 18.3 Å². The van der Waals surface area contributed by atoms with Crippen molar-refractivity contribution >= 4 is 5.91 Å². The van der Waals surface area contributed by atoms with Crippen LogP contribution in [0.5, 0.6) is 5.75 Å². The van der Waals surface area contributed by atoms with Crippen molar-refractivity contribution in [2.75, 3.05) is 33.3 Å². The van der Waals surface area contributed by atoms with E-state index in [1.54, 1.807) is 13.2 Å². The van der Waals surface area contributed by atoms with E-state index in [1.165, 1.54) is 6.26 Å². The summed E-state index contributed by atoms with van der Waals surface area (Å²) in [6.07, 6.45) is 1.50. The van der Waals surface area contributed by atoms with Gasteiger partial charge in [-0.1, -0.05) is 12.1 Å². The molecule has 1 saturated heterocycles. The smallest absolute Gasteiger partial charge is 0.257 e. The molecule has 1 aliphatic rings. The number of carbonyl (C=O) groups excluding carboxylic acids is 1. The molecule has 1 atom stereocenters. The Bertz CT molecular complexity index is 768. The molecule has 6 heteroatoms. The third-order valence-electron chi connectivity index (χ3n) is 4.50. The molecule has 1 amide bonds. The van der Waals surface area contributed by atoms with Crippen molar-refractivity contribution in [1.82, 2.24) is 9.80 Å². The number of rotatable bonds is 4. The molecule has 0 bridgehead atoms. The minimum Gasteiger partial charge on any atom is -0.497 e. The average Bonchev–Trinajstić information content (AvgIpc) is 3.09. The Morgan fingerprint density at radius 2 is 1.92 bits per heavy atom. The second-order valence-corrected chi connectivity index (χ2v) is 6.08. The lowest BCUT2D eigenvalue weighted by atomic mass is 10.1. The second-order valence-electron chi connectivity index (χ2n) is 6.08. The highest BCUT2D eigenvalue weighted by Gasteiger charge is 2.28. The zero-order valence-corrected chi connectivity index (χ0v) is 14.4. The Morgan fingerprint density at radius 3 is 2.44 bits per heavy atom. The van der Waals surface area contributed by atoms with Gasteiger partial charge in [0.15, 0.2) is 0 Å². The molecule has 1 aromatic carbocycles. The van der Waals surface area contributed by atoms with Gasteiger partial charge in [-0.15, -0.1) is 0 Å². The highest BCUT2D eigenvalue weighted by molar-refractivity contribution is 5.94. The van der Waals surface area contributed by atoms with Crippen LogP contribution in [0.15, 0.2) is 41.0 Å². The zero-order valence-electron chi connectivity index (χ0n) is 14.4. The lowest BCUT2D eigenvalue weighted by Gasteiger charge is -2.36. The van der Waals surface area contributed by atoms with Crippen molar-refractivity contribution in [3.8, 4) is 11.8 Å². The molecule has 2 heterocycles. The van der Waals surface area contributed by atoms with Crippen LogP contribution < -0.4 is 4.74 Å². The lowest BCUT2D eigenvalue weighted by Crippen LogP contribution is -2.49. The molecular weight excluding hydrogens is 318 g/mol. The normalized spacial score (nSPS) is 16.3. The fourth-order valence-corrected chi connectivity index (χ4v) is 3.07. The van der Waals surface area contributed by atoms with Gasteiger partial charge in [-0.2, -0.15) is 5.26 Å². The lowest BCUT2D eigenvalue weighted by molar-refractivity contribution is 0.0605. The number of nitriles is 1. The van der Waals surface area contributed by atoms with Crippen LogP contribution in [-0.2, 0) is 0 Å². The SMILES string of the molecule is COc1ccc(C(C#N)N2CCN(C(=O)c3coc(C)c3)CC2)cc1. The number of carbonyl (C=O) groups is 1. The first-order chi connectivity index (χ1) is 12.1. The molecule has 0 N–H and O–H groups in total. The zero-order chi connectivity index (χ0) is 17.8. The predicted molar refractivity (Wildman–Crippen MR) is 92.3 cm³/mol. The third kappa shape index (κ3) is 3.67. The minimum atomic E-state index is -0.320. The average molecular weight is 339 g/mol. The maximum atomic E-state index is 12.5. The van der Waals surface area contributed by atoms with Gasteiger partial charge < -0.3 is 14.1 Å². The van der Waals surface area contributed by atoms with Gasteiger partial charge in [0, 0.05) is 26.2 Å². The van der Waals surface area contributed by atoms with Crippen LogP contribution >= 0.6 is 0 Å². The Morgan fingerprint density at radius 1 is 1.24 bits per heavy atom. The number of furan rings is 1. The van der Waals surface area contributed by atoms with Crippen LogP contribution in [0.25, 0.3) is 0 Å². The predicted octanol–water partition coefficient (Wildman–Crippen LogP) is 2.62. The highest BCUT2D eigenvalue weighted by Crippen LogP contribution is 2.24. The fourth-order valence-electron chi connectivity index (χ4n) is 3.07. The molecule has 1 unspecified atom stereocenters. The summed E-state index contributed by atoms with van der Waals surface area (Å²) in [6.45, 7) is 4.33. The molecule has 0 aliphatic carbocycles. The Labute approximate surface area is 147 Å². The number of piperazine rings is 1. The summed E-state index contributed by atoms with van der Waals surface area (Å²) in [5.41, 5.74) is 1.52. The maximum Gasteiger partial charge on any atom is 0.257 e. The van der Waals surface area contributed by atoms with Crippen LogP contribution in [0.2, 0.25) is 0 Å². The van der Waals surface area contributed by atoms with E-state index in [9.17, 15) is 10.1 Å². The summed E-state index contributed by atoms with van der Waals surface area (Å²) in [4.78, 5) is 16.4. The largest absolute Gasteiger partial charge is 0.497 e. The van der Waals surface area contributed by atoms with Gasteiger partial charge in [0.05, 0.1) is 18.7 Å². The quantitative estimate of drug-likeness (QED) is 0.856. The molecule has 2 aromatic rings. The summed E-state index contributed by atoms with van der Waals surface area (Å²) >= 11 is 0. The van der Waals surface area contributed by atoms with E-state index in [-0.39, 0.29) is 11.9 Å². The Hall–Kier alpha value is -2.78. The molecule has 0 spiro atoms. The first-order valence-electron chi connectivity index (χ1n) is 8.24. The number of nitrogens with zero attached hydrogens (tertiary/aromatic N) is 3. The van der Waals surface area contributed by atoms with Crippen molar-refractivity contribution in [2.45, 2.75) is 13.0 Å². The first kappa shape index (κ1) is 17.1. The Balaban J connectivity index is 1.64. The monoisotopic (exact) mass is 339 g/mol. The minimum absolute atomic E-state index is 0.0190. The molecular formula is C19H21N3O3. The molecule has 1 fully saturated rings. The number of methoxy groups -OCH3 is 1. The van der Waals surface area contributed by atoms with Gasteiger partial charge in [-0.3, -0.25) is 9.69 Å². The number of aryl methyl sites for hydroxylation is 1. The Kier molecular flexibility index (Phi) is 5.05. The molecule has 0 radical (unpaired) electrons. The van der Waals surface area contributed by atoms with E-state index in [2.05, 4.69) is 11.0 Å². The van der Waals surface area contributed by atoms with Gasteiger partial charge >= 0.3 is 0 Å². The topological polar surface area (TPSA) is 69.7 Å². The van der Waals surface area contributed by atoms with Crippen molar-refractivity contribution in [3.63, 3.8) is 0 Å². The van der Waals surface area contributed by atoms with Crippen molar-refractivity contribution in [3.05, 3.63) is 53.5 Å². The van der Waals surface area contributed by atoms with Crippen molar-refractivity contribution in [1.29, 1.82) is 5.26 Å². The van der Waals surface area contributed by atoms with E-state index in [0.29, 0.717) is 31.7 Å². The molecule has 1 aliphatic heterocycles. The van der Waals surface area contributed by atoms with Crippen molar-refractivity contribution < 1.29 is 13.9 Å².